The van der Waals surface area contributed by atoms with E-state index in [-0.39, 0.29) is 5.54 Å². The number of benzene rings is 1. The van der Waals surface area contributed by atoms with Crippen molar-refractivity contribution in [2.24, 2.45) is 0 Å². The Labute approximate surface area is 112 Å². The summed E-state index contributed by atoms with van der Waals surface area (Å²) in [4.78, 5) is 2.42. The first-order chi connectivity index (χ1) is 8.29. The minimum atomic E-state index is 0.167. The maximum atomic E-state index is 3.27. The molecule has 0 aliphatic rings. The molecule has 1 aromatic rings. The Morgan fingerprint density at radius 3 is 2.28 bits per heavy atom. The molecule has 0 heterocycles. The Hall–Kier alpha value is -0.860. The minimum absolute atomic E-state index is 0.167. The molecule has 18 heavy (non-hydrogen) atoms. The lowest BCUT2D eigenvalue weighted by Gasteiger charge is -2.36. The molecule has 0 bridgehead atoms. The molecule has 2 nitrogen and oxygen atoms in total. The fraction of sp³-hybridized carbons (Fsp3) is 0.625. The molecule has 0 aliphatic carbocycles. The topological polar surface area (TPSA) is 15.3 Å². The molecular formula is C16H28N2. The van der Waals surface area contributed by atoms with Gasteiger partial charge in [0.15, 0.2) is 0 Å². The van der Waals surface area contributed by atoms with Crippen LogP contribution in [0.25, 0.3) is 0 Å². The number of hydrogen-bond acceptors (Lipinski definition) is 2. The number of nitrogens with zero attached hydrogens (tertiary/aromatic N) is 1. The van der Waals surface area contributed by atoms with Crippen molar-refractivity contribution in [2.45, 2.75) is 46.7 Å². The van der Waals surface area contributed by atoms with Crippen LogP contribution in [0.4, 0.5) is 0 Å². The third kappa shape index (κ3) is 3.33. The third-order valence-corrected chi connectivity index (χ3v) is 4.22. The number of likely N-dealkylation sites (N-methyl/N-ethyl adjacent to an activating group) is 2. The maximum absolute atomic E-state index is 3.27. The molecule has 1 rings (SSSR count). The van der Waals surface area contributed by atoms with Crippen LogP contribution in [0.3, 0.4) is 0 Å². The van der Waals surface area contributed by atoms with E-state index >= 15 is 0 Å². The van der Waals surface area contributed by atoms with Crippen molar-refractivity contribution in [3.05, 3.63) is 34.4 Å². The van der Waals surface area contributed by atoms with Gasteiger partial charge in [0.25, 0.3) is 0 Å². The number of aryl methyl sites for hydroxylation is 1. The first kappa shape index (κ1) is 15.2. The van der Waals surface area contributed by atoms with Gasteiger partial charge in [-0.1, -0.05) is 12.1 Å². The highest BCUT2D eigenvalue weighted by molar-refractivity contribution is 5.38. The molecule has 0 radical (unpaired) electrons. The average Bonchev–Trinajstić information content (AvgIpc) is 2.29. The molecule has 0 atom stereocenters. The summed E-state index contributed by atoms with van der Waals surface area (Å²) >= 11 is 0. The van der Waals surface area contributed by atoms with Gasteiger partial charge in [-0.3, -0.25) is 4.90 Å². The van der Waals surface area contributed by atoms with Gasteiger partial charge in [0.2, 0.25) is 0 Å². The molecule has 0 saturated heterocycles. The largest absolute Gasteiger partial charge is 0.318 e. The summed E-state index contributed by atoms with van der Waals surface area (Å²) in [5.74, 6) is 0. The summed E-state index contributed by atoms with van der Waals surface area (Å²) in [6.07, 6.45) is 0. The van der Waals surface area contributed by atoms with Crippen molar-refractivity contribution in [3.63, 3.8) is 0 Å². The third-order valence-electron chi connectivity index (χ3n) is 4.22. The molecule has 1 aromatic carbocycles. The first-order valence-corrected chi connectivity index (χ1v) is 6.71. The molecule has 2 heteroatoms. The van der Waals surface area contributed by atoms with Gasteiger partial charge in [0, 0.05) is 18.6 Å². The molecule has 0 spiro atoms. The lowest BCUT2D eigenvalue weighted by Crippen LogP contribution is -2.47. The fourth-order valence-corrected chi connectivity index (χ4v) is 2.22. The highest BCUT2D eigenvalue weighted by atomic mass is 15.2. The summed E-state index contributed by atoms with van der Waals surface area (Å²) in [7, 11) is 4.21. The van der Waals surface area contributed by atoms with Gasteiger partial charge in [-0.25, -0.2) is 0 Å². The van der Waals surface area contributed by atoms with E-state index in [1.807, 2.05) is 7.05 Å². The molecule has 0 aliphatic heterocycles. The first-order valence-electron chi connectivity index (χ1n) is 6.71. The molecule has 0 unspecified atom stereocenters. The van der Waals surface area contributed by atoms with Crippen LogP contribution in [0.2, 0.25) is 0 Å². The number of rotatable bonds is 5. The van der Waals surface area contributed by atoms with Crippen LogP contribution >= 0.6 is 0 Å². The monoisotopic (exact) mass is 248 g/mol. The lowest BCUT2D eigenvalue weighted by molar-refractivity contribution is 0.147. The standard InChI is InChI=1S/C16H28N2/c1-12-8-9-15(14(3)13(12)2)10-18(7)16(4,5)11-17-6/h8-9,17H,10-11H2,1-7H3. The van der Waals surface area contributed by atoms with Crippen LogP contribution in [0.5, 0.6) is 0 Å². The van der Waals surface area contributed by atoms with Gasteiger partial charge in [0.1, 0.15) is 0 Å². The molecular weight excluding hydrogens is 220 g/mol. The Morgan fingerprint density at radius 1 is 1.11 bits per heavy atom. The van der Waals surface area contributed by atoms with Crippen molar-refractivity contribution >= 4 is 0 Å². The molecule has 0 aromatic heterocycles. The van der Waals surface area contributed by atoms with Crippen molar-refractivity contribution in [2.75, 3.05) is 20.6 Å². The van der Waals surface area contributed by atoms with E-state index in [1.54, 1.807) is 0 Å². The van der Waals surface area contributed by atoms with Crippen molar-refractivity contribution in [1.29, 1.82) is 0 Å². The summed E-state index contributed by atoms with van der Waals surface area (Å²) in [6, 6.07) is 4.50. The zero-order chi connectivity index (χ0) is 13.9. The quantitative estimate of drug-likeness (QED) is 0.861. The van der Waals surface area contributed by atoms with Gasteiger partial charge in [-0.2, -0.15) is 0 Å². The van der Waals surface area contributed by atoms with Gasteiger partial charge in [-0.05, 0) is 71.0 Å². The van der Waals surface area contributed by atoms with Crippen molar-refractivity contribution in [1.82, 2.24) is 10.2 Å². The molecule has 1 N–H and O–H groups in total. The average molecular weight is 248 g/mol. The second-order valence-electron chi connectivity index (χ2n) is 5.99. The van der Waals surface area contributed by atoms with E-state index in [0.717, 1.165) is 13.1 Å². The van der Waals surface area contributed by atoms with E-state index in [1.165, 1.54) is 22.3 Å². The Bertz CT molecular complexity index is 408. The van der Waals surface area contributed by atoms with Gasteiger partial charge < -0.3 is 5.32 Å². The highest BCUT2D eigenvalue weighted by Gasteiger charge is 2.23. The lowest BCUT2D eigenvalue weighted by atomic mass is 9.96. The van der Waals surface area contributed by atoms with Gasteiger partial charge in [-0.15, -0.1) is 0 Å². The SMILES string of the molecule is CNCC(C)(C)N(C)Cc1ccc(C)c(C)c1C. The van der Waals surface area contributed by atoms with E-state index in [9.17, 15) is 0 Å². The zero-order valence-corrected chi connectivity index (χ0v) is 13.0. The smallest absolute Gasteiger partial charge is 0.0278 e. The minimum Gasteiger partial charge on any atom is -0.318 e. The summed E-state index contributed by atoms with van der Waals surface area (Å²) < 4.78 is 0. The van der Waals surface area contributed by atoms with E-state index in [2.05, 4.69) is 64.0 Å². The van der Waals surface area contributed by atoms with Gasteiger partial charge in [0.05, 0.1) is 0 Å². The van der Waals surface area contributed by atoms with Crippen LogP contribution in [-0.4, -0.2) is 31.1 Å². The molecule has 0 amide bonds. The Kier molecular flexibility index (Phi) is 4.94. The Balaban J connectivity index is 2.89. The van der Waals surface area contributed by atoms with Gasteiger partial charge >= 0.3 is 0 Å². The normalized spacial score (nSPS) is 12.2. The van der Waals surface area contributed by atoms with E-state index < -0.39 is 0 Å². The second kappa shape index (κ2) is 5.85. The zero-order valence-electron chi connectivity index (χ0n) is 13.0. The highest BCUT2D eigenvalue weighted by Crippen LogP contribution is 2.21. The van der Waals surface area contributed by atoms with Crippen LogP contribution in [0.15, 0.2) is 12.1 Å². The van der Waals surface area contributed by atoms with E-state index in [4.69, 9.17) is 0 Å². The van der Waals surface area contributed by atoms with Crippen molar-refractivity contribution in [3.8, 4) is 0 Å². The summed E-state index contributed by atoms with van der Waals surface area (Å²) in [6.45, 7) is 13.2. The maximum Gasteiger partial charge on any atom is 0.0278 e. The Morgan fingerprint density at radius 2 is 1.72 bits per heavy atom. The molecule has 102 valence electrons. The second-order valence-corrected chi connectivity index (χ2v) is 5.99. The predicted molar refractivity (Wildman–Crippen MR) is 80.1 cm³/mol. The van der Waals surface area contributed by atoms with Crippen LogP contribution in [-0.2, 0) is 6.54 Å². The number of nitrogens with one attached hydrogen (secondary N) is 1. The number of hydrogen-bond donors (Lipinski definition) is 1. The van der Waals surface area contributed by atoms with Crippen LogP contribution < -0.4 is 5.32 Å². The molecule has 0 saturated carbocycles. The van der Waals surface area contributed by atoms with Crippen molar-refractivity contribution < 1.29 is 0 Å². The fourth-order valence-electron chi connectivity index (χ4n) is 2.22. The van der Waals surface area contributed by atoms with E-state index in [0.29, 0.717) is 0 Å². The summed E-state index contributed by atoms with van der Waals surface area (Å²) in [5.41, 5.74) is 5.84. The summed E-state index contributed by atoms with van der Waals surface area (Å²) in [5, 5.41) is 3.27. The molecule has 0 fully saturated rings. The predicted octanol–water partition coefficient (Wildman–Crippen LogP) is 3.04. The van der Waals surface area contributed by atoms with Crippen LogP contribution in [0, 0.1) is 20.8 Å². The van der Waals surface area contributed by atoms with Crippen LogP contribution in [0.1, 0.15) is 36.1 Å².